The number of aromatic amines is 1. The van der Waals surface area contributed by atoms with Gasteiger partial charge in [-0.2, -0.15) is 5.26 Å². The van der Waals surface area contributed by atoms with Gasteiger partial charge in [0.25, 0.3) is 11.3 Å². The molecule has 0 radical (unpaired) electrons. The van der Waals surface area contributed by atoms with Gasteiger partial charge in [-0.1, -0.05) is 24.3 Å². The third-order valence-corrected chi connectivity index (χ3v) is 4.83. The molecule has 2 aromatic heterocycles. The molecule has 0 saturated heterocycles. The van der Waals surface area contributed by atoms with E-state index in [1.54, 1.807) is 16.7 Å². The molecule has 2 heterocycles. The second-order valence-electron chi connectivity index (χ2n) is 6.52. The Kier molecular flexibility index (Phi) is 3.31. The van der Waals surface area contributed by atoms with E-state index < -0.39 is 16.0 Å². The molecule has 7 heteroatoms. The monoisotopic (exact) mass is 346 g/mol. The van der Waals surface area contributed by atoms with Crippen LogP contribution in [0.4, 0.5) is 0 Å². The maximum atomic E-state index is 13.0. The van der Waals surface area contributed by atoms with E-state index in [-0.39, 0.29) is 17.7 Å². The van der Waals surface area contributed by atoms with E-state index in [0.717, 1.165) is 10.9 Å². The highest BCUT2D eigenvalue weighted by molar-refractivity contribution is 6.05. The number of nitro groups is 1. The van der Waals surface area contributed by atoms with Gasteiger partial charge in [-0.05, 0) is 31.6 Å². The van der Waals surface area contributed by atoms with Gasteiger partial charge in [0.1, 0.15) is 11.6 Å². The molecule has 0 fully saturated rings. The topological polar surface area (TPSA) is 105 Å². The molecule has 1 aliphatic rings. The molecule has 0 spiro atoms. The molecular weight excluding hydrogens is 332 g/mol. The Morgan fingerprint density at radius 1 is 1.35 bits per heavy atom. The van der Waals surface area contributed by atoms with Crippen LogP contribution >= 0.6 is 0 Å². The Morgan fingerprint density at radius 3 is 2.77 bits per heavy atom. The van der Waals surface area contributed by atoms with Gasteiger partial charge < -0.3 is 4.98 Å². The van der Waals surface area contributed by atoms with Crippen LogP contribution in [0, 0.1) is 21.4 Å². The summed E-state index contributed by atoms with van der Waals surface area (Å²) in [6, 6.07) is 11.1. The lowest BCUT2D eigenvalue weighted by Gasteiger charge is -2.30. The molecule has 1 atom stereocenters. The van der Waals surface area contributed by atoms with Crippen molar-refractivity contribution in [3.05, 3.63) is 80.3 Å². The maximum absolute atomic E-state index is 13.0. The van der Waals surface area contributed by atoms with Crippen LogP contribution in [0.3, 0.4) is 0 Å². The van der Waals surface area contributed by atoms with Crippen LogP contribution in [0.5, 0.6) is 0 Å². The fourth-order valence-corrected chi connectivity index (χ4v) is 3.50. The highest BCUT2D eigenvalue weighted by Crippen LogP contribution is 2.33. The van der Waals surface area contributed by atoms with E-state index >= 15 is 0 Å². The minimum Gasteiger partial charge on any atom is -0.353 e. The first-order valence-corrected chi connectivity index (χ1v) is 8.05. The Bertz CT molecular complexity index is 1240. The molecule has 7 nitrogen and oxygen atoms in total. The number of nitrogens with zero attached hydrogens (tertiary/aromatic N) is 3. The van der Waals surface area contributed by atoms with Crippen molar-refractivity contribution in [3.8, 4) is 6.07 Å². The summed E-state index contributed by atoms with van der Waals surface area (Å²) in [5.41, 5.74) is 1.04. The highest BCUT2D eigenvalue weighted by Gasteiger charge is 2.31. The number of rotatable bonds is 2. The number of nitriles is 1. The van der Waals surface area contributed by atoms with Crippen molar-refractivity contribution in [2.24, 2.45) is 0 Å². The molecular formula is C19H14N4O3. The largest absolute Gasteiger partial charge is 0.353 e. The van der Waals surface area contributed by atoms with E-state index in [1.807, 2.05) is 37.3 Å². The average Bonchev–Trinajstić information content (AvgIpc) is 2.99. The van der Waals surface area contributed by atoms with Crippen LogP contribution in [0.1, 0.15) is 18.9 Å². The van der Waals surface area contributed by atoms with Gasteiger partial charge in [0.15, 0.2) is 0 Å². The number of H-pyrrole nitrogens is 1. The standard InChI is InChI=1S/C19H14N4O3/c1-19(8-6-13(7-9-19)23(25)26)22-17-14-4-2-3-5-15(14)21-16(17)10-12(11-20)18(22)24/h2-8,10,21H,9H2,1H3. The van der Waals surface area contributed by atoms with Crippen molar-refractivity contribution in [2.75, 3.05) is 0 Å². The normalized spacial score (nSPS) is 19.5. The van der Waals surface area contributed by atoms with Crippen LogP contribution in [-0.2, 0) is 5.54 Å². The fourth-order valence-electron chi connectivity index (χ4n) is 3.50. The molecule has 1 N–H and O–H groups in total. The van der Waals surface area contributed by atoms with E-state index in [2.05, 4.69) is 4.98 Å². The number of aromatic nitrogens is 2. The summed E-state index contributed by atoms with van der Waals surface area (Å²) in [7, 11) is 0. The zero-order valence-corrected chi connectivity index (χ0v) is 13.9. The molecule has 26 heavy (non-hydrogen) atoms. The number of benzene rings is 1. The second kappa shape index (κ2) is 5.43. The van der Waals surface area contributed by atoms with E-state index in [4.69, 9.17) is 0 Å². The first-order chi connectivity index (χ1) is 12.4. The maximum Gasteiger partial charge on any atom is 0.269 e. The minimum atomic E-state index is -0.813. The second-order valence-corrected chi connectivity index (χ2v) is 6.52. The van der Waals surface area contributed by atoms with E-state index in [9.17, 15) is 20.2 Å². The molecule has 0 bridgehead atoms. The molecule has 0 amide bonds. The Balaban J connectivity index is 2.08. The van der Waals surface area contributed by atoms with Gasteiger partial charge in [0.2, 0.25) is 0 Å². The first kappa shape index (κ1) is 15.8. The number of hydrogen-bond donors (Lipinski definition) is 1. The molecule has 0 aliphatic heterocycles. The predicted octanol–water partition coefficient (Wildman–Crippen LogP) is 3.19. The number of hydrogen-bond acceptors (Lipinski definition) is 4. The Morgan fingerprint density at radius 2 is 2.12 bits per heavy atom. The summed E-state index contributed by atoms with van der Waals surface area (Å²) in [5.74, 6) is 0. The number of nitrogens with one attached hydrogen (secondary N) is 1. The van der Waals surface area contributed by atoms with Crippen LogP contribution in [-0.4, -0.2) is 14.5 Å². The lowest BCUT2D eigenvalue weighted by atomic mass is 9.91. The zero-order chi connectivity index (χ0) is 18.5. The van der Waals surface area contributed by atoms with Gasteiger partial charge in [-0.25, -0.2) is 0 Å². The van der Waals surface area contributed by atoms with Crippen LogP contribution < -0.4 is 5.56 Å². The summed E-state index contributed by atoms with van der Waals surface area (Å²) in [6.07, 6.45) is 4.86. The number of fused-ring (bicyclic) bond motifs is 3. The third-order valence-electron chi connectivity index (χ3n) is 4.83. The molecule has 128 valence electrons. The van der Waals surface area contributed by atoms with E-state index in [1.165, 1.54) is 12.2 Å². The van der Waals surface area contributed by atoms with Gasteiger partial charge in [0, 0.05) is 17.0 Å². The molecule has 1 unspecified atom stereocenters. The smallest absolute Gasteiger partial charge is 0.269 e. The Hall–Kier alpha value is -3.66. The number of para-hydroxylation sites is 1. The zero-order valence-electron chi connectivity index (χ0n) is 13.9. The molecule has 3 aromatic rings. The van der Waals surface area contributed by atoms with E-state index in [0.29, 0.717) is 11.0 Å². The lowest BCUT2D eigenvalue weighted by molar-refractivity contribution is -0.419. The SMILES string of the molecule is CC1(n2c(=O)c(C#N)cc3[nH]c4ccccc4c32)C=CC([N+](=O)[O-])=CC1. The third kappa shape index (κ3) is 2.16. The highest BCUT2D eigenvalue weighted by atomic mass is 16.6. The van der Waals surface area contributed by atoms with Crippen molar-refractivity contribution in [2.45, 2.75) is 18.9 Å². The molecule has 1 aliphatic carbocycles. The van der Waals surface area contributed by atoms with Crippen LogP contribution in [0.25, 0.3) is 21.9 Å². The number of allylic oxidation sites excluding steroid dienone is 3. The van der Waals surface area contributed by atoms with Gasteiger partial charge in [-0.15, -0.1) is 0 Å². The molecule has 1 aromatic carbocycles. The summed E-state index contributed by atoms with van der Waals surface area (Å²) in [6.45, 7) is 1.83. The predicted molar refractivity (Wildman–Crippen MR) is 97.3 cm³/mol. The lowest BCUT2D eigenvalue weighted by Crippen LogP contribution is -2.39. The minimum absolute atomic E-state index is 0.00197. The average molecular weight is 346 g/mol. The van der Waals surface area contributed by atoms with Crippen molar-refractivity contribution < 1.29 is 4.92 Å². The summed E-state index contributed by atoms with van der Waals surface area (Å²) < 4.78 is 1.57. The van der Waals surface area contributed by atoms with Crippen LogP contribution in [0.15, 0.2) is 59.1 Å². The summed E-state index contributed by atoms with van der Waals surface area (Å²) >= 11 is 0. The molecule has 4 rings (SSSR count). The Labute approximate surface area is 147 Å². The van der Waals surface area contributed by atoms with Crippen molar-refractivity contribution in [3.63, 3.8) is 0 Å². The number of pyridine rings is 1. The fraction of sp³-hybridized carbons (Fsp3) is 0.158. The van der Waals surface area contributed by atoms with Gasteiger partial charge in [-0.3, -0.25) is 19.5 Å². The van der Waals surface area contributed by atoms with Crippen molar-refractivity contribution in [1.29, 1.82) is 5.26 Å². The first-order valence-electron chi connectivity index (χ1n) is 8.05. The quantitative estimate of drug-likeness (QED) is 0.568. The van der Waals surface area contributed by atoms with Crippen molar-refractivity contribution in [1.82, 2.24) is 9.55 Å². The van der Waals surface area contributed by atoms with Crippen LogP contribution in [0.2, 0.25) is 0 Å². The molecule has 0 saturated carbocycles. The van der Waals surface area contributed by atoms with Gasteiger partial charge >= 0.3 is 0 Å². The van der Waals surface area contributed by atoms with Crippen molar-refractivity contribution >= 4 is 21.9 Å². The summed E-state index contributed by atoms with van der Waals surface area (Å²) in [5, 5.41) is 21.2. The summed E-state index contributed by atoms with van der Waals surface area (Å²) in [4.78, 5) is 26.8. The van der Waals surface area contributed by atoms with Gasteiger partial charge in [0.05, 0.1) is 21.5 Å².